The molecule has 7 nitrogen and oxygen atoms in total. The van der Waals surface area contributed by atoms with Crippen LogP contribution in [0.4, 0.5) is 5.82 Å². The summed E-state index contributed by atoms with van der Waals surface area (Å²) in [6.07, 6.45) is 6.19. The van der Waals surface area contributed by atoms with E-state index in [1.165, 1.54) is 18.8 Å². The summed E-state index contributed by atoms with van der Waals surface area (Å²) < 4.78 is 0. The first-order chi connectivity index (χ1) is 12.1. The van der Waals surface area contributed by atoms with Gasteiger partial charge in [-0.25, -0.2) is 9.97 Å². The third-order valence-corrected chi connectivity index (χ3v) is 4.24. The van der Waals surface area contributed by atoms with E-state index in [0.717, 1.165) is 31.5 Å². The summed E-state index contributed by atoms with van der Waals surface area (Å²) in [7, 11) is 0. The second-order valence-corrected chi connectivity index (χ2v) is 6.02. The molecule has 1 saturated heterocycles. The number of anilines is 1. The van der Waals surface area contributed by atoms with E-state index in [-0.39, 0.29) is 23.3 Å². The Balaban J connectivity index is 1.58. The summed E-state index contributed by atoms with van der Waals surface area (Å²) in [5, 5.41) is 2.75. The molecule has 0 aliphatic carbocycles. The van der Waals surface area contributed by atoms with Crippen molar-refractivity contribution in [3.63, 3.8) is 0 Å². The highest BCUT2D eigenvalue weighted by molar-refractivity contribution is 5.96. The predicted octanol–water partition coefficient (Wildman–Crippen LogP) is 1.61. The van der Waals surface area contributed by atoms with Gasteiger partial charge in [0.15, 0.2) is 11.5 Å². The Morgan fingerprint density at radius 2 is 1.72 bits per heavy atom. The fourth-order valence-electron chi connectivity index (χ4n) is 2.83. The van der Waals surface area contributed by atoms with E-state index in [0.29, 0.717) is 12.1 Å². The van der Waals surface area contributed by atoms with Gasteiger partial charge in [-0.15, -0.1) is 0 Å². The number of aromatic nitrogens is 2. The topological polar surface area (TPSA) is 101 Å². The van der Waals surface area contributed by atoms with E-state index < -0.39 is 0 Å². The molecular weight excluding hydrogens is 318 g/mol. The molecular formula is C18H21N5O2. The lowest BCUT2D eigenvalue weighted by molar-refractivity contribution is 0.0724. The maximum absolute atomic E-state index is 12.4. The van der Waals surface area contributed by atoms with Crippen molar-refractivity contribution in [3.05, 3.63) is 53.5 Å². The molecule has 1 aliphatic heterocycles. The van der Waals surface area contributed by atoms with Crippen molar-refractivity contribution in [2.24, 2.45) is 0 Å². The quantitative estimate of drug-likeness (QED) is 0.881. The number of rotatable bonds is 4. The van der Waals surface area contributed by atoms with Crippen molar-refractivity contribution in [1.29, 1.82) is 0 Å². The molecule has 1 aliphatic rings. The highest BCUT2D eigenvalue weighted by Crippen LogP contribution is 2.14. The van der Waals surface area contributed by atoms with E-state index in [4.69, 9.17) is 5.73 Å². The number of amides is 2. The molecule has 0 radical (unpaired) electrons. The van der Waals surface area contributed by atoms with Gasteiger partial charge in [0.25, 0.3) is 11.8 Å². The number of piperidine rings is 1. The van der Waals surface area contributed by atoms with Crippen LogP contribution in [0.3, 0.4) is 0 Å². The highest BCUT2D eigenvalue weighted by atomic mass is 16.2. The minimum atomic E-state index is -0.376. The highest BCUT2D eigenvalue weighted by Gasteiger charge is 2.18. The number of hydrogen-bond donors (Lipinski definition) is 2. The van der Waals surface area contributed by atoms with Gasteiger partial charge in [0, 0.05) is 37.6 Å². The Morgan fingerprint density at radius 3 is 2.40 bits per heavy atom. The van der Waals surface area contributed by atoms with E-state index >= 15 is 0 Å². The maximum atomic E-state index is 12.4. The van der Waals surface area contributed by atoms with Gasteiger partial charge in [-0.3, -0.25) is 9.59 Å². The number of nitrogens with one attached hydrogen (secondary N) is 1. The van der Waals surface area contributed by atoms with Gasteiger partial charge in [0.1, 0.15) is 0 Å². The van der Waals surface area contributed by atoms with E-state index in [2.05, 4.69) is 15.3 Å². The van der Waals surface area contributed by atoms with Crippen LogP contribution in [0, 0.1) is 0 Å². The normalized spacial score (nSPS) is 14.2. The van der Waals surface area contributed by atoms with E-state index in [9.17, 15) is 9.59 Å². The van der Waals surface area contributed by atoms with Gasteiger partial charge in [-0.05, 0) is 37.0 Å². The minimum absolute atomic E-state index is 0.0719. The van der Waals surface area contributed by atoms with Crippen molar-refractivity contribution in [2.45, 2.75) is 25.8 Å². The first kappa shape index (κ1) is 16.9. The number of carbonyl (C=O) groups excluding carboxylic acids is 2. The SMILES string of the molecule is Nc1nccnc1C(=O)NCc1ccc(C(=O)N2CCCCC2)cc1. The van der Waals surface area contributed by atoms with Crippen molar-refractivity contribution in [1.82, 2.24) is 20.2 Å². The second kappa shape index (κ2) is 7.74. The number of nitrogens with zero attached hydrogens (tertiary/aromatic N) is 3. The molecule has 0 saturated carbocycles. The molecule has 2 amide bonds. The number of hydrogen-bond acceptors (Lipinski definition) is 5. The first-order valence-electron chi connectivity index (χ1n) is 8.38. The molecule has 2 heterocycles. The van der Waals surface area contributed by atoms with Crippen LogP contribution in [0.15, 0.2) is 36.7 Å². The van der Waals surface area contributed by atoms with E-state index in [1.807, 2.05) is 17.0 Å². The lowest BCUT2D eigenvalue weighted by atomic mass is 10.1. The monoisotopic (exact) mass is 339 g/mol. The van der Waals surface area contributed by atoms with Crippen LogP contribution >= 0.6 is 0 Å². The molecule has 1 aromatic heterocycles. The maximum Gasteiger partial charge on any atom is 0.273 e. The van der Waals surface area contributed by atoms with Crippen molar-refractivity contribution >= 4 is 17.6 Å². The third-order valence-electron chi connectivity index (χ3n) is 4.24. The van der Waals surface area contributed by atoms with Gasteiger partial charge in [-0.2, -0.15) is 0 Å². The van der Waals surface area contributed by atoms with Crippen molar-refractivity contribution in [3.8, 4) is 0 Å². The van der Waals surface area contributed by atoms with Crippen LogP contribution < -0.4 is 11.1 Å². The van der Waals surface area contributed by atoms with Crippen molar-refractivity contribution in [2.75, 3.05) is 18.8 Å². The minimum Gasteiger partial charge on any atom is -0.382 e. The van der Waals surface area contributed by atoms with Gasteiger partial charge < -0.3 is 16.0 Å². The summed E-state index contributed by atoms with van der Waals surface area (Å²) in [5.74, 6) is -0.204. The van der Waals surface area contributed by atoms with Crippen molar-refractivity contribution < 1.29 is 9.59 Å². The largest absolute Gasteiger partial charge is 0.382 e. The molecule has 7 heteroatoms. The van der Waals surface area contributed by atoms with Gasteiger partial charge in [-0.1, -0.05) is 12.1 Å². The van der Waals surface area contributed by atoms with Crippen LogP contribution in [-0.2, 0) is 6.54 Å². The standard InChI is InChI=1S/C18H21N5O2/c19-16-15(20-8-9-21-16)17(24)22-12-13-4-6-14(7-5-13)18(25)23-10-2-1-3-11-23/h4-9H,1-3,10-12H2,(H2,19,21)(H,22,24). The summed E-state index contributed by atoms with van der Waals surface area (Å²) in [6, 6.07) is 7.29. The predicted molar refractivity (Wildman–Crippen MR) is 93.8 cm³/mol. The molecule has 2 aromatic rings. The molecule has 0 unspecified atom stereocenters. The summed E-state index contributed by atoms with van der Waals surface area (Å²) in [5.41, 5.74) is 7.32. The molecule has 0 bridgehead atoms. The molecule has 0 spiro atoms. The first-order valence-corrected chi connectivity index (χ1v) is 8.38. The number of nitrogen functional groups attached to an aromatic ring is 1. The zero-order chi connectivity index (χ0) is 17.6. The summed E-state index contributed by atoms with van der Waals surface area (Å²) in [4.78, 5) is 34.2. The molecule has 1 fully saturated rings. The van der Waals surface area contributed by atoms with Crippen LogP contribution in [0.25, 0.3) is 0 Å². The average Bonchev–Trinajstić information content (AvgIpc) is 2.67. The zero-order valence-electron chi connectivity index (χ0n) is 13.9. The molecule has 1 aromatic carbocycles. The average molecular weight is 339 g/mol. The Labute approximate surface area is 146 Å². The van der Waals surface area contributed by atoms with Gasteiger partial charge >= 0.3 is 0 Å². The van der Waals surface area contributed by atoms with Crippen LogP contribution in [0.2, 0.25) is 0 Å². The zero-order valence-corrected chi connectivity index (χ0v) is 13.9. The number of carbonyl (C=O) groups is 2. The molecule has 0 atom stereocenters. The number of likely N-dealkylation sites (tertiary alicyclic amines) is 1. The fourth-order valence-corrected chi connectivity index (χ4v) is 2.83. The second-order valence-electron chi connectivity index (χ2n) is 6.02. The Bertz CT molecular complexity index is 754. The molecule has 3 rings (SSSR count). The summed E-state index contributed by atoms with van der Waals surface area (Å²) in [6.45, 7) is 1.99. The smallest absolute Gasteiger partial charge is 0.273 e. The van der Waals surface area contributed by atoms with Crippen LogP contribution in [0.1, 0.15) is 45.7 Å². The molecule has 130 valence electrons. The summed E-state index contributed by atoms with van der Waals surface area (Å²) >= 11 is 0. The Kier molecular flexibility index (Phi) is 5.23. The third kappa shape index (κ3) is 4.12. The molecule has 25 heavy (non-hydrogen) atoms. The number of nitrogens with two attached hydrogens (primary N) is 1. The van der Waals surface area contributed by atoms with Gasteiger partial charge in [0.2, 0.25) is 0 Å². The molecule has 3 N–H and O–H groups in total. The van der Waals surface area contributed by atoms with E-state index in [1.54, 1.807) is 12.1 Å². The van der Waals surface area contributed by atoms with Crippen LogP contribution in [0.5, 0.6) is 0 Å². The lowest BCUT2D eigenvalue weighted by Gasteiger charge is -2.26. The Hall–Kier alpha value is -2.96. The fraction of sp³-hybridized carbons (Fsp3) is 0.333. The Morgan fingerprint density at radius 1 is 1.04 bits per heavy atom. The van der Waals surface area contributed by atoms with Gasteiger partial charge in [0.05, 0.1) is 0 Å². The lowest BCUT2D eigenvalue weighted by Crippen LogP contribution is -2.35. The van der Waals surface area contributed by atoms with Crippen LogP contribution in [-0.4, -0.2) is 39.8 Å². The number of benzene rings is 1.